The lowest BCUT2D eigenvalue weighted by molar-refractivity contribution is -0.136. The lowest BCUT2D eigenvalue weighted by atomic mass is 9.73. The minimum absolute atomic E-state index is 0. The van der Waals surface area contributed by atoms with Crippen LogP contribution in [0.25, 0.3) is 0 Å². The second-order valence-corrected chi connectivity index (χ2v) is 13.2. The fourth-order valence-corrected chi connectivity index (χ4v) is 7.59. The van der Waals surface area contributed by atoms with Crippen molar-refractivity contribution in [2.24, 2.45) is 0 Å². The van der Waals surface area contributed by atoms with Crippen LogP contribution < -0.4 is 0 Å². The van der Waals surface area contributed by atoms with E-state index >= 15 is 0 Å². The molecular weight excluding hydrogens is 613 g/mol. The van der Waals surface area contributed by atoms with E-state index in [9.17, 15) is 9.59 Å². The monoisotopic (exact) mass is 655 g/mol. The Balaban J connectivity index is 0.00000442. The summed E-state index contributed by atoms with van der Waals surface area (Å²) in [5.41, 5.74) is 2.64. The summed E-state index contributed by atoms with van der Waals surface area (Å²) in [6.45, 7) is 5.94. The minimum atomic E-state index is -0.273. The van der Waals surface area contributed by atoms with Crippen molar-refractivity contribution in [3.05, 3.63) is 106 Å². The summed E-state index contributed by atoms with van der Waals surface area (Å²) >= 11 is 12.9. The molecule has 2 saturated heterocycles. The Morgan fingerprint density at radius 2 is 1.48 bits per heavy atom. The molecule has 2 heterocycles. The average Bonchev–Trinajstić information content (AvgIpc) is 3.26. The third-order valence-corrected chi connectivity index (χ3v) is 10.6. The maximum absolute atomic E-state index is 13.6. The molecule has 0 aromatic heterocycles. The Morgan fingerprint density at radius 3 is 2.11 bits per heavy atom. The summed E-state index contributed by atoms with van der Waals surface area (Å²) in [4.78, 5) is 32.7. The van der Waals surface area contributed by atoms with E-state index in [0.29, 0.717) is 16.6 Å². The summed E-state index contributed by atoms with van der Waals surface area (Å²) in [6.07, 6.45) is 6.82. The van der Waals surface area contributed by atoms with Crippen molar-refractivity contribution in [2.45, 2.75) is 62.8 Å². The van der Waals surface area contributed by atoms with Crippen LogP contribution in [-0.4, -0.2) is 66.3 Å². The highest BCUT2D eigenvalue weighted by Crippen LogP contribution is 2.42. The summed E-state index contributed by atoms with van der Waals surface area (Å²) in [6, 6.07) is 26.1. The lowest BCUT2D eigenvalue weighted by Crippen LogP contribution is -2.53. The highest BCUT2D eigenvalue weighted by atomic mass is 35.5. The second kappa shape index (κ2) is 15.1. The van der Waals surface area contributed by atoms with Crippen molar-refractivity contribution in [1.82, 2.24) is 14.7 Å². The Morgan fingerprint density at radius 1 is 0.818 bits per heavy atom. The Hall–Kier alpha value is -2.57. The van der Waals surface area contributed by atoms with Gasteiger partial charge in [-0.2, -0.15) is 0 Å². The van der Waals surface area contributed by atoms with E-state index in [1.54, 1.807) is 6.92 Å². The molecule has 3 aromatic rings. The van der Waals surface area contributed by atoms with E-state index < -0.39 is 0 Å². The molecule has 2 aliphatic heterocycles. The van der Waals surface area contributed by atoms with E-state index in [1.807, 2.05) is 60.5 Å². The van der Waals surface area contributed by atoms with Gasteiger partial charge >= 0.3 is 0 Å². The maximum Gasteiger partial charge on any atom is 0.253 e. The number of nitrogens with zero attached hydrogens (tertiary/aromatic N) is 3. The summed E-state index contributed by atoms with van der Waals surface area (Å²) in [7, 11) is 1.94. The molecule has 44 heavy (non-hydrogen) atoms. The molecule has 3 aromatic carbocycles. The molecule has 2 amide bonds. The maximum atomic E-state index is 13.6. The molecule has 0 N–H and O–H groups in total. The standard InChI is InChI=1S/C36H43Cl2N3O2.ClH/c1-28(42)39(2)36(30-14-7-4-8-15-30)20-24-40(25-21-36)22-11-19-35(31-16-17-32(37)33(38)26-31)18-9-10-23-41(27-35)34(43)29-12-5-3-6-13-29;/h3-8,12-17,26H,9-11,18-25,27H2,1-2H3;1H. The molecule has 0 aliphatic carbocycles. The number of hydrogen-bond acceptors (Lipinski definition) is 3. The van der Waals surface area contributed by atoms with Crippen LogP contribution in [0, 0.1) is 0 Å². The summed E-state index contributed by atoms with van der Waals surface area (Å²) in [5, 5.41) is 1.11. The molecule has 2 fully saturated rings. The van der Waals surface area contributed by atoms with Crippen LogP contribution in [0.5, 0.6) is 0 Å². The van der Waals surface area contributed by atoms with Gasteiger partial charge < -0.3 is 14.7 Å². The van der Waals surface area contributed by atoms with E-state index in [-0.39, 0.29) is 35.2 Å². The number of hydrogen-bond donors (Lipinski definition) is 0. The Kier molecular flexibility index (Phi) is 11.8. The van der Waals surface area contributed by atoms with Crippen molar-refractivity contribution >= 4 is 47.4 Å². The lowest BCUT2D eigenvalue weighted by Gasteiger charge is -2.48. The molecule has 8 heteroatoms. The third kappa shape index (κ3) is 7.45. The fourth-order valence-electron chi connectivity index (χ4n) is 7.29. The first-order valence-corrected chi connectivity index (χ1v) is 16.3. The van der Waals surface area contributed by atoms with E-state index in [1.165, 1.54) is 11.1 Å². The first-order valence-electron chi connectivity index (χ1n) is 15.6. The van der Waals surface area contributed by atoms with Gasteiger partial charge in [0.1, 0.15) is 0 Å². The van der Waals surface area contributed by atoms with Gasteiger partial charge in [-0.1, -0.05) is 84.2 Å². The molecule has 5 nitrogen and oxygen atoms in total. The predicted molar refractivity (Wildman–Crippen MR) is 183 cm³/mol. The number of rotatable bonds is 8. The molecule has 1 unspecified atom stereocenters. The number of likely N-dealkylation sites (tertiary alicyclic amines) is 2. The second-order valence-electron chi connectivity index (χ2n) is 12.4. The topological polar surface area (TPSA) is 43.9 Å². The van der Waals surface area contributed by atoms with Crippen LogP contribution in [0.15, 0.2) is 78.9 Å². The van der Waals surface area contributed by atoms with Crippen molar-refractivity contribution in [1.29, 1.82) is 0 Å². The number of carbonyl (C=O) groups is 2. The Bertz CT molecular complexity index is 1400. The number of carbonyl (C=O) groups excluding carboxylic acids is 2. The van der Waals surface area contributed by atoms with E-state index in [2.05, 4.69) is 40.1 Å². The van der Waals surface area contributed by atoms with Gasteiger partial charge in [0.05, 0.1) is 15.6 Å². The van der Waals surface area contributed by atoms with Gasteiger partial charge in [-0.15, -0.1) is 12.4 Å². The quantitative estimate of drug-likeness (QED) is 0.245. The minimum Gasteiger partial charge on any atom is -0.338 e. The van der Waals surface area contributed by atoms with Gasteiger partial charge in [-0.3, -0.25) is 9.59 Å². The van der Waals surface area contributed by atoms with Crippen LogP contribution in [0.1, 0.15) is 73.4 Å². The number of piperidine rings is 1. The average molecular weight is 657 g/mol. The first kappa shape index (κ1) is 34.3. The Labute approximate surface area is 278 Å². The van der Waals surface area contributed by atoms with E-state index in [0.717, 1.165) is 76.7 Å². The predicted octanol–water partition coefficient (Wildman–Crippen LogP) is 8.23. The van der Waals surface area contributed by atoms with Crippen LogP contribution in [0.2, 0.25) is 10.0 Å². The normalized spacial score (nSPS) is 20.3. The van der Waals surface area contributed by atoms with Crippen LogP contribution >= 0.6 is 35.6 Å². The zero-order valence-electron chi connectivity index (χ0n) is 25.8. The van der Waals surface area contributed by atoms with Crippen molar-refractivity contribution < 1.29 is 9.59 Å². The zero-order valence-corrected chi connectivity index (χ0v) is 28.1. The largest absolute Gasteiger partial charge is 0.338 e. The van der Waals surface area contributed by atoms with Gasteiger partial charge in [0.2, 0.25) is 5.91 Å². The summed E-state index contributed by atoms with van der Waals surface area (Å²) < 4.78 is 0. The number of amides is 2. The molecule has 0 bridgehead atoms. The van der Waals surface area contributed by atoms with Crippen molar-refractivity contribution in [3.63, 3.8) is 0 Å². The highest BCUT2D eigenvalue weighted by Gasteiger charge is 2.42. The zero-order chi connectivity index (χ0) is 30.5. The van der Waals surface area contributed by atoms with Gasteiger partial charge in [-0.25, -0.2) is 0 Å². The third-order valence-electron chi connectivity index (χ3n) is 9.91. The SMILES string of the molecule is CC(=O)N(C)C1(c2ccccc2)CCN(CCCC2(c3ccc(Cl)c(Cl)c3)CCCCN(C(=O)c3ccccc3)C2)CC1.Cl. The summed E-state index contributed by atoms with van der Waals surface area (Å²) in [5.74, 6) is 0.193. The molecule has 236 valence electrons. The molecule has 0 radical (unpaired) electrons. The molecular formula is C36H44Cl3N3O2. The van der Waals surface area contributed by atoms with Gasteiger partial charge in [0.25, 0.3) is 5.91 Å². The van der Waals surface area contributed by atoms with Crippen LogP contribution in [0.3, 0.4) is 0 Å². The number of halogens is 3. The first-order chi connectivity index (χ1) is 20.7. The van der Waals surface area contributed by atoms with Crippen LogP contribution in [-0.2, 0) is 15.7 Å². The number of benzene rings is 3. The van der Waals surface area contributed by atoms with E-state index in [4.69, 9.17) is 23.2 Å². The molecule has 0 saturated carbocycles. The smallest absolute Gasteiger partial charge is 0.253 e. The molecule has 5 rings (SSSR count). The molecule has 2 aliphatic rings. The van der Waals surface area contributed by atoms with Gasteiger partial charge in [-0.05, 0) is 80.5 Å². The molecule has 1 atom stereocenters. The highest BCUT2D eigenvalue weighted by molar-refractivity contribution is 6.42. The van der Waals surface area contributed by atoms with Gasteiger partial charge in [0, 0.05) is 51.1 Å². The van der Waals surface area contributed by atoms with Crippen molar-refractivity contribution in [3.8, 4) is 0 Å². The van der Waals surface area contributed by atoms with Crippen LogP contribution in [0.4, 0.5) is 0 Å². The molecule has 0 spiro atoms. The van der Waals surface area contributed by atoms with Gasteiger partial charge in [0.15, 0.2) is 0 Å². The van der Waals surface area contributed by atoms with Crippen molar-refractivity contribution in [2.75, 3.05) is 39.8 Å². The fraction of sp³-hybridized carbons (Fsp3) is 0.444.